The van der Waals surface area contributed by atoms with Gasteiger partial charge in [0, 0.05) is 42.6 Å². The fourth-order valence-electron chi connectivity index (χ4n) is 0.962. The van der Waals surface area contributed by atoms with Crippen LogP contribution in [0.4, 0.5) is 0 Å². The lowest BCUT2D eigenvalue weighted by atomic mass is 10.4. The molecule has 1 unspecified atom stereocenters. The van der Waals surface area contributed by atoms with Crippen LogP contribution in [0.5, 0.6) is 0 Å². The summed E-state index contributed by atoms with van der Waals surface area (Å²) in [4.78, 5) is 0. The van der Waals surface area contributed by atoms with Crippen molar-refractivity contribution in [1.82, 2.24) is 3.11 Å². The predicted octanol–water partition coefficient (Wildman–Crippen LogP) is 0.420. The SMILES string of the molecule is OCC1CN(I)CCCO1. The van der Waals surface area contributed by atoms with Crippen LogP contribution in [0.3, 0.4) is 0 Å². The molecule has 0 aliphatic carbocycles. The van der Waals surface area contributed by atoms with Gasteiger partial charge in [-0.3, -0.25) is 0 Å². The lowest BCUT2D eigenvalue weighted by molar-refractivity contribution is 0.0214. The van der Waals surface area contributed by atoms with Gasteiger partial charge in [-0.2, -0.15) is 0 Å². The third-order valence-corrected chi connectivity index (χ3v) is 2.38. The molecule has 0 amide bonds. The summed E-state index contributed by atoms with van der Waals surface area (Å²) in [5, 5.41) is 8.78. The molecule has 0 aromatic carbocycles. The number of hydrogen-bond acceptors (Lipinski definition) is 3. The van der Waals surface area contributed by atoms with Gasteiger partial charge in [0.1, 0.15) is 0 Å². The Balaban J connectivity index is 2.30. The number of aliphatic hydroxyl groups is 1. The van der Waals surface area contributed by atoms with Crippen molar-refractivity contribution in [1.29, 1.82) is 0 Å². The second kappa shape index (κ2) is 4.48. The Morgan fingerprint density at radius 2 is 2.50 bits per heavy atom. The molecule has 4 heteroatoms. The third kappa shape index (κ3) is 2.69. The molecule has 0 radical (unpaired) electrons. The monoisotopic (exact) mass is 257 g/mol. The van der Waals surface area contributed by atoms with E-state index in [1.807, 2.05) is 0 Å². The van der Waals surface area contributed by atoms with Gasteiger partial charge in [0.25, 0.3) is 0 Å². The van der Waals surface area contributed by atoms with Gasteiger partial charge in [-0.15, -0.1) is 0 Å². The molecule has 1 N–H and O–H groups in total. The number of rotatable bonds is 1. The molecule has 0 bridgehead atoms. The number of aliphatic hydroxyl groups excluding tert-OH is 1. The Morgan fingerprint density at radius 3 is 3.20 bits per heavy atom. The van der Waals surface area contributed by atoms with Crippen molar-refractivity contribution < 1.29 is 9.84 Å². The summed E-state index contributed by atoms with van der Waals surface area (Å²) >= 11 is 2.26. The van der Waals surface area contributed by atoms with E-state index < -0.39 is 0 Å². The molecule has 10 heavy (non-hydrogen) atoms. The highest BCUT2D eigenvalue weighted by Crippen LogP contribution is 2.08. The Labute approximate surface area is 74.8 Å². The molecule has 0 spiro atoms. The molecule has 1 aliphatic rings. The summed E-state index contributed by atoms with van der Waals surface area (Å²) in [5.41, 5.74) is 0. The van der Waals surface area contributed by atoms with Crippen molar-refractivity contribution in [2.75, 3.05) is 26.3 Å². The molecule has 1 atom stereocenters. The van der Waals surface area contributed by atoms with Crippen molar-refractivity contribution in [3.63, 3.8) is 0 Å². The Bertz CT molecular complexity index is 102. The molecular weight excluding hydrogens is 245 g/mol. The molecule has 1 rings (SSSR count). The number of halogens is 1. The van der Waals surface area contributed by atoms with Gasteiger partial charge >= 0.3 is 0 Å². The molecule has 1 aliphatic heterocycles. The van der Waals surface area contributed by atoms with E-state index in [4.69, 9.17) is 9.84 Å². The average molecular weight is 257 g/mol. The fourth-order valence-corrected chi connectivity index (χ4v) is 1.74. The van der Waals surface area contributed by atoms with E-state index in [1.165, 1.54) is 0 Å². The van der Waals surface area contributed by atoms with Crippen LogP contribution in [-0.4, -0.2) is 40.6 Å². The fraction of sp³-hybridized carbons (Fsp3) is 1.00. The molecular formula is C6H12INO2. The molecule has 0 saturated carbocycles. The van der Waals surface area contributed by atoms with Crippen molar-refractivity contribution in [3.05, 3.63) is 0 Å². The van der Waals surface area contributed by atoms with E-state index in [2.05, 4.69) is 26.0 Å². The van der Waals surface area contributed by atoms with Crippen LogP contribution in [0.1, 0.15) is 6.42 Å². The average Bonchev–Trinajstić information content (AvgIpc) is 2.13. The van der Waals surface area contributed by atoms with Gasteiger partial charge in [-0.25, -0.2) is 3.11 Å². The van der Waals surface area contributed by atoms with E-state index >= 15 is 0 Å². The molecule has 1 saturated heterocycles. The molecule has 0 aromatic heterocycles. The summed E-state index contributed by atoms with van der Waals surface area (Å²) in [5.74, 6) is 0. The summed E-state index contributed by atoms with van der Waals surface area (Å²) in [6.45, 7) is 2.83. The van der Waals surface area contributed by atoms with Crippen molar-refractivity contribution >= 4 is 22.9 Å². The first-order chi connectivity index (χ1) is 4.83. The summed E-state index contributed by atoms with van der Waals surface area (Å²) < 4.78 is 7.48. The minimum atomic E-state index is 0.0272. The van der Waals surface area contributed by atoms with E-state index in [0.29, 0.717) is 0 Å². The van der Waals surface area contributed by atoms with E-state index in [0.717, 1.165) is 26.1 Å². The first-order valence-corrected chi connectivity index (χ1v) is 4.42. The third-order valence-electron chi connectivity index (χ3n) is 1.50. The van der Waals surface area contributed by atoms with Crippen LogP contribution < -0.4 is 0 Å². The first kappa shape index (κ1) is 8.70. The van der Waals surface area contributed by atoms with Crippen LogP contribution in [0.25, 0.3) is 0 Å². The number of hydrogen-bond donors (Lipinski definition) is 1. The Kier molecular flexibility index (Phi) is 3.90. The minimum Gasteiger partial charge on any atom is -0.394 e. The first-order valence-electron chi connectivity index (χ1n) is 3.46. The quantitative estimate of drug-likeness (QED) is 0.546. The maximum absolute atomic E-state index is 8.78. The smallest absolute Gasteiger partial charge is 0.0940 e. The van der Waals surface area contributed by atoms with Crippen LogP contribution in [-0.2, 0) is 4.74 Å². The van der Waals surface area contributed by atoms with Crippen molar-refractivity contribution in [2.45, 2.75) is 12.5 Å². The second-order valence-corrected chi connectivity index (χ2v) is 3.76. The predicted molar refractivity (Wildman–Crippen MR) is 47.0 cm³/mol. The van der Waals surface area contributed by atoms with E-state index in [9.17, 15) is 0 Å². The zero-order chi connectivity index (χ0) is 7.40. The maximum atomic E-state index is 8.78. The van der Waals surface area contributed by atoms with Crippen LogP contribution in [0.2, 0.25) is 0 Å². The molecule has 0 aromatic rings. The number of nitrogens with zero attached hydrogens (tertiary/aromatic N) is 1. The maximum Gasteiger partial charge on any atom is 0.0940 e. The standard InChI is InChI=1S/C6H12INO2/c7-8-2-1-3-10-6(4-8)5-9/h6,9H,1-5H2. The van der Waals surface area contributed by atoms with Crippen molar-refractivity contribution in [3.8, 4) is 0 Å². The van der Waals surface area contributed by atoms with Gasteiger partial charge in [0.15, 0.2) is 0 Å². The lowest BCUT2D eigenvalue weighted by Gasteiger charge is -2.14. The Hall–Kier alpha value is 0.610. The molecule has 1 heterocycles. The normalized spacial score (nSPS) is 30.0. The summed E-state index contributed by atoms with van der Waals surface area (Å²) in [7, 11) is 0. The van der Waals surface area contributed by atoms with E-state index in [-0.39, 0.29) is 12.7 Å². The largest absolute Gasteiger partial charge is 0.394 e. The molecule has 3 nitrogen and oxygen atoms in total. The van der Waals surface area contributed by atoms with Gasteiger partial charge < -0.3 is 9.84 Å². The van der Waals surface area contributed by atoms with Gasteiger partial charge in [-0.05, 0) is 6.42 Å². The van der Waals surface area contributed by atoms with Crippen molar-refractivity contribution in [2.24, 2.45) is 0 Å². The highest BCUT2D eigenvalue weighted by atomic mass is 127. The summed E-state index contributed by atoms with van der Waals surface area (Å²) in [6.07, 6.45) is 1.10. The van der Waals surface area contributed by atoms with Gasteiger partial charge in [0.05, 0.1) is 12.7 Å². The molecule has 60 valence electrons. The van der Waals surface area contributed by atoms with Crippen LogP contribution in [0.15, 0.2) is 0 Å². The van der Waals surface area contributed by atoms with Gasteiger partial charge in [0.2, 0.25) is 0 Å². The van der Waals surface area contributed by atoms with Gasteiger partial charge in [-0.1, -0.05) is 0 Å². The zero-order valence-electron chi connectivity index (χ0n) is 5.79. The zero-order valence-corrected chi connectivity index (χ0v) is 7.95. The highest BCUT2D eigenvalue weighted by Gasteiger charge is 2.15. The Morgan fingerprint density at radius 1 is 1.70 bits per heavy atom. The summed E-state index contributed by atoms with van der Waals surface area (Å²) in [6, 6.07) is 0. The van der Waals surface area contributed by atoms with E-state index in [1.54, 1.807) is 0 Å². The van der Waals surface area contributed by atoms with Crippen LogP contribution >= 0.6 is 22.9 Å². The highest BCUT2D eigenvalue weighted by molar-refractivity contribution is 14.1. The number of ether oxygens (including phenoxy) is 1. The second-order valence-electron chi connectivity index (χ2n) is 2.40. The topological polar surface area (TPSA) is 32.7 Å². The molecule has 1 fully saturated rings. The lowest BCUT2D eigenvalue weighted by Crippen LogP contribution is -2.27. The van der Waals surface area contributed by atoms with Crippen LogP contribution in [0, 0.1) is 0 Å². The minimum absolute atomic E-state index is 0.0272.